The lowest BCUT2D eigenvalue weighted by molar-refractivity contribution is 0.994. The standard InChI is InChI=1S/C39H25N5/c1-2-12-26(13-3-1)32-24-33(42-39(41-32)44-35-19-9-4-14-27(35)28-15-5-10-20-36(28)44)30-17-7-11-21-37(30)43-34-18-8-6-16-29(34)31-25-40-23-22-38(31)43/h1-25H/i1D,2D,3D,4D,5D,6D,7D,8D,9D,10D,11D,12D,13D,14D,15D,16D,17D,18D,19D,20D,21D,22D,23D,24D,25D. The van der Waals surface area contributed by atoms with Gasteiger partial charge in [-0.05, 0) is 36.3 Å². The number of benzene rings is 5. The van der Waals surface area contributed by atoms with Crippen molar-refractivity contribution in [3.63, 3.8) is 0 Å². The number of para-hydroxylation sites is 4. The first-order valence-corrected chi connectivity index (χ1v) is 12.7. The molecule has 0 fully saturated rings. The minimum atomic E-state index is -1.06. The molecule has 0 aliphatic carbocycles. The Morgan fingerprint density at radius 3 is 1.75 bits per heavy atom. The molecule has 44 heavy (non-hydrogen) atoms. The van der Waals surface area contributed by atoms with Gasteiger partial charge in [0.25, 0.3) is 0 Å². The molecule has 5 aromatic carbocycles. The smallest absolute Gasteiger partial charge is 0.235 e. The van der Waals surface area contributed by atoms with Gasteiger partial charge in [0.2, 0.25) is 5.95 Å². The van der Waals surface area contributed by atoms with Crippen molar-refractivity contribution in [2.75, 3.05) is 0 Å². The van der Waals surface area contributed by atoms with Gasteiger partial charge in [-0.3, -0.25) is 9.55 Å². The summed E-state index contributed by atoms with van der Waals surface area (Å²) < 4.78 is 222. The summed E-state index contributed by atoms with van der Waals surface area (Å²) >= 11 is 0. The largest absolute Gasteiger partial charge is 0.308 e. The number of hydrogen-bond acceptors (Lipinski definition) is 3. The Bertz CT molecular complexity index is 3810. The molecular formula is C39H25N5. The lowest BCUT2D eigenvalue weighted by Crippen LogP contribution is -2.05. The molecule has 0 saturated carbocycles. The van der Waals surface area contributed by atoms with Gasteiger partial charge in [0, 0.05) is 45.0 Å². The summed E-state index contributed by atoms with van der Waals surface area (Å²) in [6.07, 6.45) is -1.65. The van der Waals surface area contributed by atoms with Crippen molar-refractivity contribution in [1.82, 2.24) is 24.1 Å². The highest BCUT2D eigenvalue weighted by Gasteiger charge is 2.20. The van der Waals surface area contributed by atoms with Crippen LogP contribution < -0.4 is 0 Å². The van der Waals surface area contributed by atoms with Gasteiger partial charge in [0.1, 0.15) is 0 Å². The van der Waals surface area contributed by atoms with Gasteiger partial charge in [-0.15, -0.1) is 0 Å². The summed E-state index contributed by atoms with van der Waals surface area (Å²) in [5.74, 6) is -0.910. The number of nitrogens with zero attached hydrogens (tertiary/aromatic N) is 5. The molecule has 0 spiro atoms. The molecule has 206 valence electrons. The minimum Gasteiger partial charge on any atom is -0.308 e. The van der Waals surface area contributed by atoms with Gasteiger partial charge < -0.3 is 4.57 Å². The molecular weight excluding hydrogens is 538 g/mol. The molecule has 4 aromatic heterocycles. The monoisotopic (exact) mass is 588 g/mol. The summed E-state index contributed by atoms with van der Waals surface area (Å²) in [4.78, 5) is 12.7. The molecule has 0 saturated heterocycles. The number of rotatable bonds is 4. The van der Waals surface area contributed by atoms with E-state index in [2.05, 4.69) is 15.0 Å². The topological polar surface area (TPSA) is 48.5 Å². The van der Waals surface area contributed by atoms with Crippen LogP contribution in [0.4, 0.5) is 0 Å². The first kappa shape index (κ1) is 10.3. The fourth-order valence-electron chi connectivity index (χ4n) is 4.98. The van der Waals surface area contributed by atoms with E-state index in [0.717, 1.165) is 9.13 Å². The first-order valence-electron chi connectivity index (χ1n) is 25.2. The fraction of sp³-hybridized carbons (Fsp3) is 0. The van der Waals surface area contributed by atoms with Crippen molar-refractivity contribution in [2.24, 2.45) is 0 Å². The third kappa shape index (κ3) is 3.69. The summed E-state index contributed by atoms with van der Waals surface area (Å²) in [5, 5.41) is -1.89. The number of fused-ring (bicyclic) bond motifs is 6. The Hall–Kier alpha value is -6.07. The Labute approximate surface area is 288 Å². The average molecular weight is 589 g/mol. The Morgan fingerprint density at radius 1 is 0.477 bits per heavy atom. The van der Waals surface area contributed by atoms with Crippen LogP contribution in [0.5, 0.6) is 0 Å². The van der Waals surface area contributed by atoms with E-state index in [9.17, 15) is 4.11 Å². The van der Waals surface area contributed by atoms with Crippen LogP contribution in [0.1, 0.15) is 34.3 Å². The van der Waals surface area contributed by atoms with Gasteiger partial charge in [-0.1, -0.05) is 103 Å². The lowest BCUT2D eigenvalue weighted by Gasteiger charge is -2.16. The first-order chi connectivity index (χ1) is 32.2. The SMILES string of the molecule is [2H]c1nc([2H])c2c3c([2H])c([2H])c([2H])c([2H])c3n(-c3c([2H])c([2H])c([2H])c([2H])c3-c3nc(-n4c5c([2H])c([2H])c([2H])c([2H])c5c5c([2H])c([2H])c([2H])c([2H])c54)nc(-c4c([2H])c([2H])c([2H])c([2H])c4[2H])c3[2H])c2c1[2H]. The quantitative estimate of drug-likeness (QED) is 0.206. The molecule has 4 heterocycles. The van der Waals surface area contributed by atoms with E-state index in [4.69, 9.17) is 30.2 Å². The fourth-order valence-corrected chi connectivity index (χ4v) is 4.98. The molecule has 0 N–H and O–H groups in total. The van der Waals surface area contributed by atoms with E-state index < -0.39 is 229 Å². The lowest BCUT2D eigenvalue weighted by atomic mass is 10.1. The van der Waals surface area contributed by atoms with Crippen LogP contribution in [-0.4, -0.2) is 24.1 Å². The number of pyridine rings is 1. The van der Waals surface area contributed by atoms with Crippen LogP contribution in [-0.2, 0) is 0 Å². The summed E-state index contributed by atoms with van der Waals surface area (Å²) in [5.41, 5.74) is -6.71. The third-order valence-electron chi connectivity index (χ3n) is 6.76. The summed E-state index contributed by atoms with van der Waals surface area (Å²) in [6.45, 7) is 0. The predicted molar refractivity (Wildman–Crippen MR) is 179 cm³/mol. The number of hydrogen-bond donors (Lipinski definition) is 0. The maximum atomic E-state index is 9.72. The molecule has 0 radical (unpaired) electrons. The number of aromatic nitrogens is 5. The van der Waals surface area contributed by atoms with Gasteiger partial charge in [-0.2, -0.15) is 0 Å². The predicted octanol–water partition coefficient (Wildman–Crippen LogP) is 9.40. The molecule has 0 bridgehead atoms. The van der Waals surface area contributed by atoms with Gasteiger partial charge in [-0.25, -0.2) is 9.97 Å². The van der Waals surface area contributed by atoms with E-state index in [1.807, 2.05) is 0 Å². The second-order valence-corrected chi connectivity index (χ2v) is 9.10. The van der Waals surface area contributed by atoms with Crippen LogP contribution in [0, 0.1) is 0 Å². The van der Waals surface area contributed by atoms with E-state index in [0.29, 0.717) is 0 Å². The van der Waals surface area contributed by atoms with Crippen molar-refractivity contribution in [1.29, 1.82) is 0 Å². The van der Waals surface area contributed by atoms with Crippen LogP contribution in [0.15, 0.2) is 151 Å². The van der Waals surface area contributed by atoms with Gasteiger partial charge >= 0.3 is 0 Å². The molecule has 9 aromatic rings. The molecule has 5 nitrogen and oxygen atoms in total. The molecule has 0 aliphatic heterocycles. The van der Waals surface area contributed by atoms with Crippen LogP contribution in [0.3, 0.4) is 0 Å². The van der Waals surface area contributed by atoms with E-state index >= 15 is 0 Å². The van der Waals surface area contributed by atoms with E-state index in [1.54, 1.807) is 0 Å². The molecule has 0 atom stereocenters. The summed E-state index contributed by atoms with van der Waals surface area (Å²) in [7, 11) is 0. The zero-order chi connectivity index (χ0) is 50.8. The van der Waals surface area contributed by atoms with Crippen molar-refractivity contribution in [3.05, 3.63) is 151 Å². The second kappa shape index (κ2) is 9.75. The van der Waals surface area contributed by atoms with Crippen LogP contribution in [0.25, 0.3) is 77.8 Å². The van der Waals surface area contributed by atoms with Crippen molar-refractivity contribution in [3.8, 4) is 34.2 Å². The van der Waals surface area contributed by atoms with Crippen LogP contribution in [0.2, 0.25) is 0 Å². The highest BCUT2D eigenvalue weighted by Crippen LogP contribution is 2.37. The summed E-state index contributed by atoms with van der Waals surface area (Å²) in [6, 6.07) is -20.8. The normalized spacial score (nSPS) is 19.6. The van der Waals surface area contributed by atoms with E-state index in [1.165, 1.54) is 0 Å². The Balaban J connectivity index is 1.61. The zero-order valence-corrected chi connectivity index (χ0v) is 21.7. The van der Waals surface area contributed by atoms with Crippen LogP contribution >= 0.6 is 0 Å². The minimum absolute atomic E-state index is 0.459. The molecule has 5 heteroatoms. The Morgan fingerprint density at radius 2 is 1.02 bits per heavy atom. The maximum absolute atomic E-state index is 9.72. The average Bonchev–Trinajstić information content (AvgIpc) is 3.87. The van der Waals surface area contributed by atoms with Crippen molar-refractivity contribution < 1.29 is 34.3 Å². The maximum Gasteiger partial charge on any atom is 0.235 e. The highest BCUT2D eigenvalue weighted by atomic mass is 15.2. The zero-order valence-electron chi connectivity index (χ0n) is 46.7. The molecule has 0 amide bonds. The molecule has 0 aliphatic rings. The van der Waals surface area contributed by atoms with Crippen molar-refractivity contribution in [2.45, 2.75) is 0 Å². The molecule has 0 unspecified atom stereocenters. The second-order valence-electron chi connectivity index (χ2n) is 9.10. The van der Waals surface area contributed by atoms with Crippen molar-refractivity contribution >= 4 is 43.6 Å². The van der Waals surface area contributed by atoms with E-state index in [-0.39, 0.29) is 0 Å². The highest BCUT2D eigenvalue weighted by molar-refractivity contribution is 6.10. The third-order valence-corrected chi connectivity index (χ3v) is 6.76. The molecule has 9 rings (SSSR count). The Kier molecular flexibility index (Phi) is 2.28. The van der Waals surface area contributed by atoms with Gasteiger partial charge in [0.15, 0.2) is 0 Å². The van der Waals surface area contributed by atoms with Gasteiger partial charge in [0.05, 0.1) is 73.4 Å².